The van der Waals surface area contributed by atoms with Crippen molar-refractivity contribution in [1.82, 2.24) is 26.2 Å². The summed E-state index contributed by atoms with van der Waals surface area (Å²) in [4.78, 5) is 10.8. The molecule has 0 aliphatic rings. The van der Waals surface area contributed by atoms with Crippen LogP contribution in [0.1, 0.15) is 13.3 Å². The van der Waals surface area contributed by atoms with Crippen molar-refractivity contribution in [3.8, 4) is 0 Å². The van der Waals surface area contributed by atoms with Gasteiger partial charge < -0.3 is 16.3 Å². The average Bonchev–Trinajstić information content (AvgIpc) is 2.85. The number of aromatic nitrogens is 3. The Labute approximate surface area is 142 Å². The lowest BCUT2D eigenvalue weighted by atomic mass is 10.3. The molecule has 0 saturated heterocycles. The third-order valence-corrected chi connectivity index (χ3v) is 2.51. The summed E-state index contributed by atoms with van der Waals surface area (Å²) in [6.07, 6.45) is 1.08. The van der Waals surface area contributed by atoms with Gasteiger partial charge in [-0.25, -0.2) is 9.98 Å². The fraction of sp³-hybridized carbons (Fsp3) is 0.500. The van der Waals surface area contributed by atoms with E-state index in [-0.39, 0.29) is 18.6 Å². The zero-order chi connectivity index (χ0) is 15.5. The highest BCUT2D eigenvalue weighted by molar-refractivity contribution is 5.85. The third-order valence-electron chi connectivity index (χ3n) is 2.51. The molecule has 0 unspecified atom stereocenters. The molecule has 0 spiro atoms. The maximum atomic E-state index is 8.95. The van der Waals surface area contributed by atoms with Gasteiger partial charge in [0.15, 0.2) is 0 Å². The normalized spacial score (nSPS) is 9.04. The summed E-state index contributed by atoms with van der Waals surface area (Å²) >= 11 is 0. The highest BCUT2D eigenvalue weighted by Gasteiger charge is 1.98. The molecule has 0 saturated carbocycles. The van der Waals surface area contributed by atoms with Gasteiger partial charge in [-0.05, 0) is 51.3 Å². The van der Waals surface area contributed by atoms with Gasteiger partial charge in [-0.1, -0.05) is 17.0 Å². The third kappa shape index (κ3) is 9.59. The molecular formula is C14H26ClN7O. The zero-order valence-corrected chi connectivity index (χ0v) is 14.7. The SMILES string of the molecule is CCN=C=NCCCN(C)C.Cl.N.On1nnc2ccccc21. The summed E-state index contributed by atoms with van der Waals surface area (Å²) in [5.41, 5.74) is 1.33. The molecule has 0 radical (unpaired) electrons. The second-order valence-corrected chi connectivity index (χ2v) is 4.58. The molecule has 2 rings (SSSR count). The Kier molecular flexibility index (Phi) is 13.8. The van der Waals surface area contributed by atoms with Crippen LogP contribution in [0.5, 0.6) is 0 Å². The van der Waals surface area contributed by atoms with Crippen LogP contribution in [-0.4, -0.2) is 65.0 Å². The van der Waals surface area contributed by atoms with Gasteiger partial charge in [0.1, 0.15) is 11.0 Å². The number of halogens is 1. The second kappa shape index (κ2) is 13.7. The standard InChI is InChI=1S/C8H17N3.C6H5N3O.ClH.H3N/c1-4-9-8-10-6-5-7-11(2)3;10-9-6-4-2-1-3-5(6)7-8-9;;/h4-7H2,1-3H3;1-4,10H;1H;1H3. The molecular weight excluding hydrogens is 318 g/mol. The lowest BCUT2D eigenvalue weighted by Crippen LogP contribution is -2.13. The number of hydrogen-bond acceptors (Lipinski definition) is 7. The van der Waals surface area contributed by atoms with Gasteiger partial charge >= 0.3 is 0 Å². The van der Waals surface area contributed by atoms with E-state index in [9.17, 15) is 0 Å². The number of benzene rings is 1. The van der Waals surface area contributed by atoms with E-state index < -0.39 is 0 Å². The molecule has 0 aliphatic carbocycles. The van der Waals surface area contributed by atoms with Gasteiger partial charge in [-0.3, -0.25) is 0 Å². The maximum Gasteiger partial charge on any atom is 0.130 e. The summed E-state index contributed by atoms with van der Waals surface area (Å²) in [6.45, 7) is 4.67. The van der Waals surface area contributed by atoms with Crippen LogP contribution in [-0.2, 0) is 0 Å². The summed E-state index contributed by atoms with van der Waals surface area (Å²) in [6, 6.07) is 9.83. The van der Waals surface area contributed by atoms with Crippen molar-refractivity contribution in [2.45, 2.75) is 13.3 Å². The van der Waals surface area contributed by atoms with Crippen LogP contribution in [0.15, 0.2) is 34.3 Å². The Morgan fingerprint density at radius 2 is 1.96 bits per heavy atom. The van der Waals surface area contributed by atoms with E-state index in [1.54, 1.807) is 12.1 Å². The van der Waals surface area contributed by atoms with Crippen LogP contribution >= 0.6 is 12.4 Å². The highest BCUT2D eigenvalue weighted by Crippen LogP contribution is 2.06. The molecule has 0 fully saturated rings. The molecule has 1 aromatic carbocycles. The van der Waals surface area contributed by atoms with Gasteiger partial charge in [0.2, 0.25) is 0 Å². The van der Waals surface area contributed by atoms with Gasteiger partial charge in [0.05, 0.1) is 12.6 Å². The summed E-state index contributed by atoms with van der Waals surface area (Å²) in [7, 11) is 4.12. The lowest BCUT2D eigenvalue weighted by Gasteiger charge is -2.05. The van der Waals surface area contributed by atoms with E-state index in [1.807, 2.05) is 19.1 Å². The van der Waals surface area contributed by atoms with Crippen LogP contribution in [0.3, 0.4) is 0 Å². The molecule has 1 aromatic heterocycles. The molecule has 130 valence electrons. The summed E-state index contributed by atoms with van der Waals surface area (Å²) < 4.78 is 0. The van der Waals surface area contributed by atoms with Crippen LogP contribution in [0.4, 0.5) is 0 Å². The molecule has 2 aromatic rings. The minimum Gasteiger partial charge on any atom is -0.410 e. The van der Waals surface area contributed by atoms with Crippen molar-refractivity contribution in [3.05, 3.63) is 24.3 Å². The first-order valence-electron chi connectivity index (χ1n) is 6.87. The van der Waals surface area contributed by atoms with Crippen molar-refractivity contribution < 1.29 is 5.21 Å². The van der Waals surface area contributed by atoms with E-state index in [0.29, 0.717) is 11.0 Å². The molecule has 0 bridgehead atoms. The number of para-hydroxylation sites is 1. The zero-order valence-electron chi connectivity index (χ0n) is 13.9. The Bertz CT molecular complexity index is 594. The minimum absolute atomic E-state index is 0. The molecule has 9 heteroatoms. The van der Waals surface area contributed by atoms with E-state index in [2.05, 4.69) is 45.3 Å². The maximum absolute atomic E-state index is 8.95. The Hall–Kier alpha value is -1.99. The molecule has 1 heterocycles. The molecule has 0 atom stereocenters. The van der Waals surface area contributed by atoms with Crippen LogP contribution < -0.4 is 6.15 Å². The minimum atomic E-state index is 0. The van der Waals surface area contributed by atoms with Crippen molar-refractivity contribution in [3.63, 3.8) is 0 Å². The quantitative estimate of drug-likeness (QED) is 0.491. The molecule has 0 amide bonds. The number of hydrogen-bond donors (Lipinski definition) is 2. The van der Waals surface area contributed by atoms with Gasteiger partial charge in [0, 0.05) is 6.54 Å². The van der Waals surface area contributed by atoms with Gasteiger partial charge in [0.25, 0.3) is 0 Å². The number of aliphatic imine (C=N–C) groups is 2. The fourth-order valence-corrected chi connectivity index (χ4v) is 1.49. The van der Waals surface area contributed by atoms with Gasteiger partial charge in [-0.15, -0.1) is 17.5 Å². The van der Waals surface area contributed by atoms with Crippen LogP contribution in [0.25, 0.3) is 11.0 Å². The van der Waals surface area contributed by atoms with E-state index in [1.165, 1.54) is 0 Å². The monoisotopic (exact) mass is 343 g/mol. The topological polar surface area (TPSA) is 114 Å². The lowest BCUT2D eigenvalue weighted by molar-refractivity contribution is 0.155. The van der Waals surface area contributed by atoms with E-state index in [4.69, 9.17) is 5.21 Å². The number of fused-ring (bicyclic) bond motifs is 1. The number of rotatable bonds is 5. The molecule has 4 N–H and O–H groups in total. The summed E-state index contributed by atoms with van der Waals surface area (Å²) in [5, 5.41) is 16.1. The summed E-state index contributed by atoms with van der Waals surface area (Å²) in [5.74, 6) is 0. The Morgan fingerprint density at radius 3 is 2.57 bits per heavy atom. The predicted molar refractivity (Wildman–Crippen MR) is 95.4 cm³/mol. The smallest absolute Gasteiger partial charge is 0.130 e. The molecule has 8 nitrogen and oxygen atoms in total. The van der Waals surface area contributed by atoms with Gasteiger partial charge in [-0.2, -0.15) is 0 Å². The van der Waals surface area contributed by atoms with Crippen molar-refractivity contribution in [1.29, 1.82) is 0 Å². The first-order valence-corrected chi connectivity index (χ1v) is 6.87. The molecule has 23 heavy (non-hydrogen) atoms. The van der Waals surface area contributed by atoms with Crippen LogP contribution in [0.2, 0.25) is 0 Å². The Morgan fingerprint density at radius 1 is 1.26 bits per heavy atom. The van der Waals surface area contributed by atoms with Crippen molar-refractivity contribution in [2.75, 3.05) is 33.7 Å². The largest absolute Gasteiger partial charge is 0.410 e. The highest BCUT2D eigenvalue weighted by atomic mass is 35.5. The van der Waals surface area contributed by atoms with E-state index >= 15 is 0 Å². The first-order chi connectivity index (χ1) is 10.1. The van der Waals surface area contributed by atoms with Crippen molar-refractivity contribution >= 4 is 29.4 Å². The molecule has 0 aliphatic heterocycles. The number of nitrogens with zero attached hydrogens (tertiary/aromatic N) is 6. The first kappa shape index (κ1) is 23.3. The Balaban J connectivity index is 0. The second-order valence-electron chi connectivity index (χ2n) is 4.58. The van der Waals surface area contributed by atoms with Crippen molar-refractivity contribution in [2.24, 2.45) is 9.98 Å². The predicted octanol–water partition coefficient (Wildman–Crippen LogP) is 2.38. The fourth-order valence-electron chi connectivity index (χ4n) is 1.49. The average molecular weight is 344 g/mol. The van der Waals surface area contributed by atoms with E-state index in [0.717, 1.165) is 30.9 Å². The van der Waals surface area contributed by atoms with Crippen LogP contribution in [0, 0.1) is 0 Å².